The van der Waals surface area contributed by atoms with Crippen molar-refractivity contribution in [3.8, 4) is 0 Å². The summed E-state index contributed by atoms with van der Waals surface area (Å²) in [6.07, 6.45) is 2.63. The fraction of sp³-hybridized carbons (Fsp3) is 0.643. The van der Waals surface area contributed by atoms with Crippen molar-refractivity contribution >= 4 is 0 Å². The summed E-state index contributed by atoms with van der Waals surface area (Å²) in [7, 11) is 1.80. The first-order valence-electron chi connectivity index (χ1n) is 6.64. The van der Waals surface area contributed by atoms with E-state index < -0.39 is 0 Å². The first-order chi connectivity index (χ1) is 8.72. The molecule has 1 aromatic rings. The van der Waals surface area contributed by atoms with E-state index in [2.05, 4.69) is 22.9 Å². The summed E-state index contributed by atoms with van der Waals surface area (Å²) in [4.78, 5) is 7.03. The maximum atomic E-state index is 5.62. The maximum Gasteiger partial charge on any atom is 0.0598 e. The van der Waals surface area contributed by atoms with Crippen LogP contribution in [0.3, 0.4) is 0 Å². The van der Waals surface area contributed by atoms with Crippen molar-refractivity contribution < 1.29 is 4.74 Å². The van der Waals surface area contributed by atoms with Crippen LogP contribution in [0.2, 0.25) is 0 Å². The summed E-state index contributed by atoms with van der Waals surface area (Å²) in [5.41, 5.74) is 7.70. The molecule has 0 amide bonds. The van der Waals surface area contributed by atoms with Crippen molar-refractivity contribution in [3.05, 3.63) is 29.6 Å². The Kier molecular flexibility index (Phi) is 4.69. The lowest BCUT2D eigenvalue weighted by atomic mass is 10.0. The van der Waals surface area contributed by atoms with E-state index in [1.54, 1.807) is 7.11 Å². The quantitative estimate of drug-likeness (QED) is 0.879. The molecule has 1 aromatic heterocycles. The highest BCUT2D eigenvalue weighted by molar-refractivity contribution is 5.11. The molecular weight excluding hydrogens is 226 g/mol. The van der Waals surface area contributed by atoms with Crippen molar-refractivity contribution in [2.45, 2.75) is 45.0 Å². The van der Waals surface area contributed by atoms with Crippen LogP contribution in [-0.2, 0) is 17.8 Å². The third kappa shape index (κ3) is 3.28. The average Bonchev–Trinajstić information content (AvgIpc) is 2.41. The summed E-state index contributed by atoms with van der Waals surface area (Å²) in [5, 5.41) is 0. The normalized spacial score (nSPS) is 25.3. The van der Waals surface area contributed by atoms with Gasteiger partial charge in [0.05, 0.1) is 17.5 Å². The maximum absolute atomic E-state index is 5.62. The van der Waals surface area contributed by atoms with Gasteiger partial charge in [0.15, 0.2) is 0 Å². The van der Waals surface area contributed by atoms with Gasteiger partial charge >= 0.3 is 0 Å². The summed E-state index contributed by atoms with van der Waals surface area (Å²) in [5.74, 6) is 0. The van der Waals surface area contributed by atoms with Gasteiger partial charge in [-0.3, -0.25) is 9.88 Å². The number of aromatic nitrogens is 1. The zero-order valence-electron chi connectivity index (χ0n) is 11.3. The molecule has 1 aliphatic heterocycles. The molecule has 0 radical (unpaired) electrons. The molecule has 4 heteroatoms. The number of nitrogens with zero attached hydrogens (tertiary/aromatic N) is 2. The first kappa shape index (κ1) is 13.5. The van der Waals surface area contributed by atoms with Crippen LogP contribution in [0.5, 0.6) is 0 Å². The zero-order chi connectivity index (χ0) is 13.0. The lowest BCUT2D eigenvalue weighted by Crippen LogP contribution is -2.42. The van der Waals surface area contributed by atoms with Crippen LogP contribution in [0.15, 0.2) is 18.2 Å². The smallest absolute Gasteiger partial charge is 0.0598 e. The Morgan fingerprint density at radius 3 is 2.89 bits per heavy atom. The van der Waals surface area contributed by atoms with E-state index in [1.807, 2.05) is 12.1 Å². The van der Waals surface area contributed by atoms with Crippen molar-refractivity contribution in [1.29, 1.82) is 0 Å². The Balaban J connectivity index is 1.96. The number of ether oxygens (including phenoxy) is 1. The van der Waals surface area contributed by atoms with Crippen LogP contribution in [0.4, 0.5) is 0 Å². The molecule has 2 unspecified atom stereocenters. The minimum atomic E-state index is 0.416. The molecular formula is C14H23N3O. The fourth-order valence-electron chi connectivity index (χ4n) is 2.57. The van der Waals surface area contributed by atoms with Gasteiger partial charge in [0, 0.05) is 32.8 Å². The minimum absolute atomic E-state index is 0.416. The second-order valence-corrected chi connectivity index (χ2v) is 5.03. The minimum Gasteiger partial charge on any atom is -0.381 e. The number of nitrogens with two attached hydrogens (primary N) is 1. The summed E-state index contributed by atoms with van der Waals surface area (Å²) in [6.45, 7) is 4.76. The summed E-state index contributed by atoms with van der Waals surface area (Å²) < 4.78 is 5.44. The van der Waals surface area contributed by atoms with Crippen LogP contribution in [0.25, 0.3) is 0 Å². The molecule has 1 fully saturated rings. The Morgan fingerprint density at radius 1 is 1.44 bits per heavy atom. The van der Waals surface area contributed by atoms with Crippen molar-refractivity contribution in [3.63, 3.8) is 0 Å². The highest BCUT2D eigenvalue weighted by Crippen LogP contribution is 2.20. The Hall–Kier alpha value is -0.970. The van der Waals surface area contributed by atoms with Crippen LogP contribution < -0.4 is 5.73 Å². The monoisotopic (exact) mass is 249 g/mol. The SMILES string of the molecule is COC1CCN(Cc2cccc(CN)n2)C(C)C1. The van der Waals surface area contributed by atoms with Gasteiger partial charge in [-0.2, -0.15) is 0 Å². The molecule has 0 spiro atoms. The predicted molar refractivity (Wildman–Crippen MR) is 72.0 cm³/mol. The van der Waals surface area contributed by atoms with E-state index in [4.69, 9.17) is 10.5 Å². The lowest BCUT2D eigenvalue weighted by Gasteiger charge is -2.36. The molecule has 2 atom stereocenters. The van der Waals surface area contributed by atoms with E-state index in [9.17, 15) is 0 Å². The van der Waals surface area contributed by atoms with Gasteiger partial charge in [0.1, 0.15) is 0 Å². The molecule has 18 heavy (non-hydrogen) atoms. The molecule has 100 valence electrons. The molecule has 0 aliphatic carbocycles. The highest BCUT2D eigenvalue weighted by atomic mass is 16.5. The van der Waals surface area contributed by atoms with Crippen LogP contribution >= 0.6 is 0 Å². The molecule has 2 N–H and O–H groups in total. The van der Waals surface area contributed by atoms with E-state index in [1.165, 1.54) is 0 Å². The number of pyridine rings is 1. The zero-order valence-corrected chi connectivity index (χ0v) is 11.3. The Morgan fingerprint density at radius 2 is 2.22 bits per heavy atom. The van der Waals surface area contributed by atoms with Gasteiger partial charge in [-0.25, -0.2) is 0 Å². The topological polar surface area (TPSA) is 51.4 Å². The lowest BCUT2D eigenvalue weighted by molar-refractivity contribution is 0.0125. The van der Waals surface area contributed by atoms with E-state index in [0.717, 1.165) is 37.3 Å². The molecule has 0 saturated carbocycles. The highest BCUT2D eigenvalue weighted by Gasteiger charge is 2.25. The second-order valence-electron chi connectivity index (χ2n) is 5.03. The van der Waals surface area contributed by atoms with E-state index in [0.29, 0.717) is 18.7 Å². The van der Waals surface area contributed by atoms with E-state index >= 15 is 0 Å². The molecule has 2 heterocycles. The predicted octanol–water partition coefficient (Wildman–Crippen LogP) is 1.54. The number of hydrogen-bond donors (Lipinski definition) is 1. The van der Waals surface area contributed by atoms with Crippen LogP contribution in [-0.4, -0.2) is 35.7 Å². The molecule has 1 saturated heterocycles. The van der Waals surface area contributed by atoms with Gasteiger partial charge < -0.3 is 10.5 Å². The largest absolute Gasteiger partial charge is 0.381 e. The molecule has 4 nitrogen and oxygen atoms in total. The summed E-state index contributed by atoms with van der Waals surface area (Å²) in [6, 6.07) is 6.64. The number of hydrogen-bond acceptors (Lipinski definition) is 4. The molecule has 0 aromatic carbocycles. The standard InChI is InChI=1S/C14H23N3O/c1-11-8-14(18-2)6-7-17(11)10-13-5-3-4-12(9-15)16-13/h3-5,11,14H,6-10,15H2,1-2H3. The molecule has 1 aliphatic rings. The first-order valence-corrected chi connectivity index (χ1v) is 6.64. The number of methoxy groups -OCH3 is 1. The van der Waals surface area contributed by atoms with Gasteiger partial charge in [-0.1, -0.05) is 6.07 Å². The Labute approximate surface area is 109 Å². The van der Waals surface area contributed by atoms with Gasteiger partial charge in [0.2, 0.25) is 0 Å². The van der Waals surface area contributed by atoms with Crippen molar-refractivity contribution in [1.82, 2.24) is 9.88 Å². The van der Waals surface area contributed by atoms with E-state index in [-0.39, 0.29) is 0 Å². The number of rotatable bonds is 4. The summed E-state index contributed by atoms with van der Waals surface area (Å²) >= 11 is 0. The van der Waals surface area contributed by atoms with Gasteiger partial charge in [0.25, 0.3) is 0 Å². The van der Waals surface area contributed by atoms with Crippen molar-refractivity contribution in [2.75, 3.05) is 13.7 Å². The van der Waals surface area contributed by atoms with Gasteiger partial charge in [-0.15, -0.1) is 0 Å². The van der Waals surface area contributed by atoms with Crippen molar-refractivity contribution in [2.24, 2.45) is 5.73 Å². The van der Waals surface area contributed by atoms with Crippen LogP contribution in [0, 0.1) is 0 Å². The molecule has 0 bridgehead atoms. The van der Waals surface area contributed by atoms with Gasteiger partial charge in [-0.05, 0) is 31.9 Å². The number of piperidine rings is 1. The Bertz CT molecular complexity index is 383. The number of likely N-dealkylation sites (tertiary alicyclic amines) is 1. The average molecular weight is 249 g/mol. The molecule has 2 rings (SSSR count). The second kappa shape index (κ2) is 6.27. The fourth-order valence-corrected chi connectivity index (χ4v) is 2.57. The third-order valence-electron chi connectivity index (χ3n) is 3.74. The third-order valence-corrected chi connectivity index (χ3v) is 3.74. The van der Waals surface area contributed by atoms with Crippen LogP contribution in [0.1, 0.15) is 31.2 Å².